The molecule has 0 aliphatic carbocycles. The highest BCUT2D eigenvalue weighted by Gasteiger charge is 2.26. The maximum Gasteiger partial charge on any atom is 0.227 e. The first-order valence-electron chi connectivity index (χ1n) is 5.87. The summed E-state index contributed by atoms with van der Waals surface area (Å²) in [6.07, 6.45) is -0.341. The number of hydrogen-bond acceptors (Lipinski definition) is 4. The van der Waals surface area contributed by atoms with Crippen LogP contribution >= 0.6 is 23.7 Å². The number of β-amino-alcohol motifs (C(OH)–C–C–N with tert-alkyl or cyclic N) is 1. The van der Waals surface area contributed by atoms with Crippen LogP contribution < -0.4 is 10.6 Å². The Bertz CT molecular complexity index is 372. The van der Waals surface area contributed by atoms with Crippen LogP contribution in [0.25, 0.3) is 0 Å². The number of aliphatic hydroxyl groups excluding tert-OH is 1. The minimum absolute atomic E-state index is 0. The van der Waals surface area contributed by atoms with E-state index in [-0.39, 0.29) is 36.3 Å². The Morgan fingerprint density at radius 1 is 1.67 bits per heavy atom. The molecular weight excluding hydrogens is 272 g/mol. The largest absolute Gasteiger partial charge is 0.391 e. The normalized spacial score (nSPS) is 24.3. The Hall–Kier alpha value is -0.620. The predicted octanol–water partition coefficient (Wildman–Crippen LogP) is 0.970. The fourth-order valence-electron chi connectivity index (χ4n) is 1.99. The Labute approximate surface area is 117 Å². The van der Waals surface area contributed by atoms with Crippen LogP contribution in [0, 0.1) is 5.92 Å². The summed E-state index contributed by atoms with van der Waals surface area (Å²) in [5.41, 5.74) is 1.05. The number of amides is 1. The van der Waals surface area contributed by atoms with E-state index in [1.54, 1.807) is 11.3 Å². The molecule has 1 fully saturated rings. The number of nitrogens with one attached hydrogen (secondary N) is 2. The zero-order chi connectivity index (χ0) is 12.3. The number of carbonyl (C=O) groups excluding carboxylic acids is 1. The molecule has 0 saturated carbocycles. The minimum atomic E-state index is -0.341. The van der Waals surface area contributed by atoms with Gasteiger partial charge in [0.1, 0.15) is 0 Å². The van der Waals surface area contributed by atoms with E-state index in [1.807, 2.05) is 23.8 Å². The standard InChI is InChI=1S/C12H18N2O2S.ClH/c1-8(9-2-3-17-7-9)12(16)14-5-10-4-13-6-11(10)15;/h2-3,7-8,10-11,13,15H,4-6H2,1H3,(H,14,16);1H. The van der Waals surface area contributed by atoms with Crippen molar-refractivity contribution in [3.8, 4) is 0 Å². The molecule has 4 nitrogen and oxygen atoms in total. The molecule has 1 saturated heterocycles. The molecule has 2 rings (SSSR count). The molecule has 18 heavy (non-hydrogen) atoms. The number of thiophene rings is 1. The van der Waals surface area contributed by atoms with E-state index in [1.165, 1.54) is 0 Å². The lowest BCUT2D eigenvalue weighted by Crippen LogP contribution is -2.36. The van der Waals surface area contributed by atoms with E-state index in [2.05, 4.69) is 10.6 Å². The number of rotatable bonds is 4. The van der Waals surface area contributed by atoms with Crippen molar-refractivity contribution in [3.63, 3.8) is 0 Å². The van der Waals surface area contributed by atoms with E-state index in [0.717, 1.165) is 12.1 Å². The van der Waals surface area contributed by atoms with Crippen LogP contribution in [0.1, 0.15) is 18.4 Å². The van der Waals surface area contributed by atoms with Crippen LogP contribution in [0.3, 0.4) is 0 Å². The van der Waals surface area contributed by atoms with Crippen LogP contribution in [0.5, 0.6) is 0 Å². The van der Waals surface area contributed by atoms with E-state index in [0.29, 0.717) is 13.1 Å². The molecule has 3 unspecified atom stereocenters. The molecule has 1 aliphatic heterocycles. The molecule has 0 bridgehead atoms. The van der Waals surface area contributed by atoms with Gasteiger partial charge in [0, 0.05) is 25.6 Å². The van der Waals surface area contributed by atoms with Gasteiger partial charge in [-0.2, -0.15) is 11.3 Å². The van der Waals surface area contributed by atoms with Crippen molar-refractivity contribution in [2.75, 3.05) is 19.6 Å². The van der Waals surface area contributed by atoms with Gasteiger partial charge >= 0.3 is 0 Å². The third kappa shape index (κ3) is 3.68. The molecule has 102 valence electrons. The van der Waals surface area contributed by atoms with Gasteiger partial charge in [-0.05, 0) is 29.3 Å². The van der Waals surface area contributed by atoms with Gasteiger partial charge in [-0.3, -0.25) is 4.79 Å². The molecule has 1 aromatic rings. The van der Waals surface area contributed by atoms with Crippen molar-refractivity contribution in [2.45, 2.75) is 18.9 Å². The van der Waals surface area contributed by atoms with Crippen molar-refractivity contribution in [1.82, 2.24) is 10.6 Å². The molecule has 3 atom stereocenters. The van der Waals surface area contributed by atoms with Crippen molar-refractivity contribution in [3.05, 3.63) is 22.4 Å². The Morgan fingerprint density at radius 3 is 3.00 bits per heavy atom. The van der Waals surface area contributed by atoms with E-state index >= 15 is 0 Å². The van der Waals surface area contributed by atoms with Gasteiger partial charge in [0.15, 0.2) is 0 Å². The van der Waals surface area contributed by atoms with Gasteiger partial charge < -0.3 is 15.7 Å². The zero-order valence-corrected chi connectivity index (χ0v) is 11.9. The lowest BCUT2D eigenvalue weighted by Gasteiger charge is -2.16. The third-order valence-corrected chi connectivity index (χ3v) is 3.98. The summed E-state index contributed by atoms with van der Waals surface area (Å²) in [5.74, 6) is 0.0453. The average molecular weight is 291 g/mol. The predicted molar refractivity (Wildman–Crippen MR) is 75.4 cm³/mol. The second-order valence-corrected chi connectivity index (χ2v) is 5.29. The average Bonchev–Trinajstić information content (AvgIpc) is 2.96. The quantitative estimate of drug-likeness (QED) is 0.774. The van der Waals surface area contributed by atoms with Crippen LogP contribution in [-0.4, -0.2) is 36.8 Å². The highest BCUT2D eigenvalue weighted by Crippen LogP contribution is 2.18. The van der Waals surface area contributed by atoms with Gasteiger partial charge in [0.2, 0.25) is 5.91 Å². The summed E-state index contributed by atoms with van der Waals surface area (Å²) in [5, 5.41) is 19.6. The lowest BCUT2D eigenvalue weighted by molar-refractivity contribution is -0.122. The summed E-state index contributed by atoms with van der Waals surface area (Å²) in [7, 11) is 0. The molecule has 6 heteroatoms. The maximum absolute atomic E-state index is 11.9. The van der Waals surface area contributed by atoms with Gasteiger partial charge in [-0.25, -0.2) is 0 Å². The topological polar surface area (TPSA) is 61.4 Å². The van der Waals surface area contributed by atoms with Crippen LogP contribution in [0.2, 0.25) is 0 Å². The first-order valence-corrected chi connectivity index (χ1v) is 6.81. The molecule has 1 aromatic heterocycles. The first-order chi connectivity index (χ1) is 8.18. The first kappa shape index (κ1) is 15.4. The summed E-state index contributed by atoms with van der Waals surface area (Å²) in [6, 6.07) is 1.97. The van der Waals surface area contributed by atoms with Crippen molar-refractivity contribution in [1.29, 1.82) is 0 Å². The number of halogens is 1. The van der Waals surface area contributed by atoms with Crippen LogP contribution in [0.4, 0.5) is 0 Å². The van der Waals surface area contributed by atoms with E-state index < -0.39 is 0 Å². The van der Waals surface area contributed by atoms with Crippen LogP contribution in [0.15, 0.2) is 16.8 Å². The molecule has 0 aromatic carbocycles. The fourth-order valence-corrected chi connectivity index (χ4v) is 2.74. The third-order valence-electron chi connectivity index (χ3n) is 3.28. The van der Waals surface area contributed by atoms with Gasteiger partial charge in [0.05, 0.1) is 12.0 Å². The van der Waals surface area contributed by atoms with E-state index in [9.17, 15) is 9.90 Å². The molecule has 1 aliphatic rings. The number of carbonyl (C=O) groups is 1. The Kier molecular flexibility index (Phi) is 6.08. The van der Waals surface area contributed by atoms with Crippen LogP contribution in [-0.2, 0) is 4.79 Å². The highest BCUT2D eigenvalue weighted by atomic mass is 35.5. The van der Waals surface area contributed by atoms with E-state index in [4.69, 9.17) is 0 Å². The summed E-state index contributed by atoms with van der Waals surface area (Å²) < 4.78 is 0. The highest BCUT2D eigenvalue weighted by molar-refractivity contribution is 7.08. The monoisotopic (exact) mass is 290 g/mol. The van der Waals surface area contributed by atoms with Crippen molar-refractivity contribution >= 4 is 29.7 Å². The smallest absolute Gasteiger partial charge is 0.227 e. The van der Waals surface area contributed by atoms with Gasteiger partial charge in [0.25, 0.3) is 0 Å². The molecule has 3 N–H and O–H groups in total. The van der Waals surface area contributed by atoms with Gasteiger partial charge in [-0.1, -0.05) is 0 Å². The molecule has 2 heterocycles. The van der Waals surface area contributed by atoms with Crippen molar-refractivity contribution in [2.24, 2.45) is 5.92 Å². The molecular formula is C12H19ClN2O2S. The fraction of sp³-hybridized carbons (Fsp3) is 0.583. The minimum Gasteiger partial charge on any atom is -0.391 e. The maximum atomic E-state index is 11.9. The number of aliphatic hydroxyl groups is 1. The Balaban J connectivity index is 0.00000162. The Morgan fingerprint density at radius 2 is 2.44 bits per heavy atom. The lowest BCUT2D eigenvalue weighted by atomic mass is 10.0. The summed E-state index contributed by atoms with van der Waals surface area (Å²) >= 11 is 1.60. The van der Waals surface area contributed by atoms with Crippen molar-refractivity contribution < 1.29 is 9.90 Å². The second kappa shape index (κ2) is 7.09. The SMILES string of the molecule is CC(C(=O)NCC1CNCC1O)c1ccsc1.Cl. The zero-order valence-electron chi connectivity index (χ0n) is 10.3. The summed E-state index contributed by atoms with van der Waals surface area (Å²) in [6.45, 7) is 3.84. The number of hydrogen-bond donors (Lipinski definition) is 3. The summed E-state index contributed by atoms with van der Waals surface area (Å²) in [4.78, 5) is 11.9. The molecule has 0 radical (unpaired) electrons. The molecule has 1 amide bonds. The van der Waals surface area contributed by atoms with Gasteiger partial charge in [-0.15, -0.1) is 12.4 Å². The molecule has 0 spiro atoms. The second-order valence-electron chi connectivity index (χ2n) is 4.51.